The molecular weight excluding hydrogens is 214 g/mol. The number of aromatic nitrogens is 1. The van der Waals surface area contributed by atoms with E-state index in [1.807, 2.05) is 0 Å². The van der Waals surface area contributed by atoms with Gasteiger partial charge in [0.1, 0.15) is 11.0 Å². The zero-order chi connectivity index (χ0) is 10.7. The summed E-state index contributed by atoms with van der Waals surface area (Å²) < 4.78 is 5.36. The predicted octanol–water partition coefficient (Wildman–Crippen LogP) is 1.91. The Hall–Kier alpha value is -1.00. The summed E-state index contributed by atoms with van der Waals surface area (Å²) >= 11 is 5.81. The van der Waals surface area contributed by atoms with Crippen LogP contribution in [0.2, 0.25) is 5.15 Å². The van der Waals surface area contributed by atoms with Gasteiger partial charge in [0.2, 0.25) is 0 Å². The number of pyridine rings is 1. The Labute approximate surface area is 93.8 Å². The first-order valence-electron chi connectivity index (χ1n) is 5.01. The largest absolute Gasteiger partial charge is 0.399 e. The molecule has 0 saturated carbocycles. The maximum Gasteiger partial charge on any atom is 0.133 e. The summed E-state index contributed by atoms with van der Waals surface area (Å²) in [5.41, 5.74) is 6.29. The molecule has 4 nitrogen and oxygen atoms in total. The second-order valence-corrected chi connectivity index (χ2v) is 4.05. The van der Waals surface area contributed by atoms with Gasteiger partial charge in [-0.05, 0) is 18.9 Å². The van der Waals surface area contributed by atoms with E-state index >= 15 is 0 Å². The molecule has 1 aromatic heterocycles. The topological polar surface area (TPSA) is 60.2 Å². The Kier molecular flexibility index (Phi) is 3.28. The lowest BCUT2D eigenvalue weighted by Crippen LogP contribution is -2.30. The van der Waals surface area contributed by atoms with Crippen molar-refractivity contribution in [2.75, 3.05) is 24.3 Å². The number of nitrogens with zero attached hydrogens (tertiary/aromatic N) is 1. The summed E-state index contributed by atoms with van der Waals surface area (Å²) in [6, 6.07) is 3.72. The molecule has 5 heteroatoms. The van der Waals surface area contributed by atoms with Gasteiger partial charge >= 0.3 is 0 Å². The van der Waals surface area contributed by atoms with Gasteiger partial charge in [-0.15, -0.1) is 0 Å². The van der Waals surface area contributed by atoms with Gasteiger partial charge in [0.05, 0.1) is 12.6 Å². The minimum absolute atomic E-state index is 0.309. The van der Waals surface area contributed by atoms with Crippen molar-refractivity contribution < 1.29 is 4.74 Å². The maximum atomic E-state index is 5.81. The summed E-state index contributed by atoms with van der Waals surface area (Å²) in [6.45, 7) is 1.57. The first-order chi connectivity index (χ1) is 7.24. The van der Waals surface area contributed by atoms with E-state index in [-0.39, 0.29) is 0 Å². The van der Waals surface area contributed by atoms with Gasteiger partial charge in [0, 0.05) is 18.4 Å². The molecule has 1 aliphatic heterocycles. The molecule has 2 heterocycles. The van der Waals surface area contributed by atoms with Gasteiger partial charge in [0.25, 0.3) is 0 Å². The van der Waals surface area contributed by atoms with Crippen molar-refractivity contribution in [3.05, 3.63) is 17.3 Å². The molecule has 0 aliphatic carbocycles. The molecule has 1 aromatic rings. The summed E-state index contributed by atoms with van der Waals surface area (Å²) in [7, 11) is 0. The van der Waals surface area contributed by atoms with Crippen molar-refractivity contribution in [3.63, 3.8) is 0 Å². The first kappa shape index (κ1) is 10.5. The van der Waals surface area contributed by atoms with E-state index in [1.165, 1.54) is 0 Å². The lowest BCUT2D eigenvalue weighted by molar-refractivity contribution is 0.0875. The third kappa shape index (κ3) is 2.97. The van der Waals surface area contributed by atoms with Crippen molar-refractivity contribution in [2.24, 2.45) is 0 Å². The number of nitrogens with one attached hydrogen (secondary N) is 1. The molecule has 1 fully saturated rings. The van der Waals surface area contributed by atoms with Gasteiger partial charge < -0.3 is 15.8 Å². The predicted molar refractivity (Wildman–Crippen MR) is 61.1 cm³/mol. The highest BCUT2D eigenvalue weighted by Gasteiger charge is 2.14. The quantitative estimate of drug-likeness (QED) is 0.758. The lowest BCUT2D eigenvalue weighted by Gasteiger charge is -2.23. The number of halogens is 1. The lowest BCUT2D eigenvalue weighted by atomic mass is 10.1. The van der Waals surface area contributed by atoms with Crippen LogP contribution in [0.3, 0.4) is 0 Å². The van der Waals surface area contributed by atoms with Crippen molar-refractivity contribution in [1.82, 2.24) is 4.98 Å². The number of hydrogen-bond donors (Lipinski definition) is 2. The molecule has 15 heavy (non-hydrogen) atoms. The minimum Gasteiger partial charge on any atom is -0.399 e. The number of rotatable bonds is 2. The third-order valence-corrected chi connectivity index (χ3v) is 2.52. The fourth-order valence-corrected chi connectivity index (χ4v) is 1.87. The van der Waals surface area contributed by atoms with Gasteiger partial charge in [-0.2, -0.15) is 0 Å². The number of ether oxygens (including phenoxy) is 1. The van der Waals surface area contributed by atoms with Crippen LogP contribution in [0.25, 0.3) is 0 Å². The monoisotopic (exact) mass is 227 g/mol. The molecule has 0 amide bonds. The van der Waals surface area contributed by atoms with Crippen LogP contribution in [0.15, 0.2) is 12.1 Å². The Morgan fingerprint density at radius 3 is 3.07 bits per heavy atom. The molecule has 82 valence electrons. The maximum absolute atomic E-state index is 5.81. The van der Waals surface area contributed by atoms with Gasteiger partial charge in [-0.1, -0.05) is 11.6 Å². The van der Waals surface area contributed by atoms with Crippen LogP contribution in [0.4, 0.5) is 11.5 Å². The van der Waals surface area contributed by atoms with E-state index < -0.39 is 0 Å². The highest BCUT2D eigenvalue weighted by Crippen LogP contribution is 2.18. The van der Waals surface area contributed by atoms with E-state index in [9.17, 15) is 0 Å². The zero-order valence-electron chi connectivity index (χ0n) is 8.37. The normalized spacial score (nSPS) is 21.3. The molecule has 1 saturated heterocycles. The average molecular weight is 228 g/mol. The Balaban J connectivity index is 2.02. The van der Waals surface area contributed by atoms with Crippen LogP contribution in [-0.2, 0) is 4.74 Å². The summed E-state index contributed by atoms with van der Waals surface area (Å²) in [4.78, 5) is 4.15. The van der Waals surface area contributed by atoms with E-state index in [0.717, 1.165) is 25.3 Å². The Morgan fingerprint density at radius 2 is 2.40 bits per heavy atom. The summed E-state index contributed by atoms with van der Waals surface area (Å²) in [6.07, 6.45) is 2.17. The Bertz CT molecular complexity index is 319. The van der Waals surface area contributed by atoms with E-state index in [1.54, 1.807) is 12.1 Å². The van der Waals surface area contributed by atoms with Crippen LogP contribution < -0.4 is 11.1 Å². The number of nitrogens with two attached hydrogens (primary N) is 1. The smallest absolute Gasteiger partial charge is 0.133 e. The van der Waals surface area contributed by atoms with Crippen LogP contribution in [-0.4, -0.2) is 24.2 Å². The molecule has 0 radical (unpaired) electrons. The number of nitrogen functional groups attached to an aromatic ring is 1. The molecule has 1 atom stereocenters. The zero-order valence-corrected chi connectivity index (χ0v) is 9.13. The molecule has 1 unspecified atom stereocenters. The number of hydrogen-bond acceptors (Lipinski definition) is 4. The minimum atomic E-state index is 0.309. The van der Waals surface area contributed by atoms with E-state index in [2.05, 4.69) is 10.3 Å². The molecule has 0 spiro atoms. The van der Waals surface area contributed by atoms with Crippen LogP contribution in [0, 0.1) is 0 Å². The van der Waals surface area contributed by atoms with E-state index in [4.69, 9.17) is 22.1 Å². The second kappa shape index (κ2) is 4.68. The summed E-state index contributed by atoms with van der Waals surface area (Å²) in [5.74, 6) is 0.718. The fourth-order valence-electron chi connectivity index (χ4n) is 1.65. The van der Waals surface area contributed by atoms with Gasteiger partial charge in [0.15, 0.2) is 0 Å². The van der Waals surface area contributed by atoms with Crippen LogP contribution in [0.1, 0.15) is 12.8 Å². The molecule has 2 rings (SSSR count). The molecule has 0 aromatic carbocycles. The van der Waals surface area contributed by atoms with Crippen LogP contribution in [0.5, 0.6) is 0 Å². The van der Waals surface area contributed by atoms with Crippen molar-refractivity contribution >= 4 is 23.1 Å². The summed E-state index contributed by atoms with van der Waals surface area (Å²) in [5, 5.41) is 3.67. The average Bonchev–Trinajstić information content (AvgIpc) is 2.17. The molecule has 3 N–H and O–H groups in total. The van der Waals surface area contributed by atoms with Crippen LogP contribution >= 0.6 is 11.6 Å². The highest BCUT2D eigenvalue weighted by molar-refractivity contribution is 6.29. The van der Waals surface area contributed by atoms with Crippen molar-refractivity contribution in [2.45, 2.75) is 18.9 Å². The van der Waals surface area contributed by atoms with Gasteiger partial charge in [-0.25, -0.2) is 4.98 Å². The molecular formula is C10H14ClN3O. The van der Waals surface area contributed by atoms with Gasteiger partial charge in [-0.3, -0.25) is 0 Å². The SMILES string of the molecule is Nc1cc(Cl)nc(NC2CCCOC2)c1. The highest BCUT2D eigenvalue weighted by atomic mass is 35.5. The molecule has 1 aliphatic rings. The van der Waals surface area contributed by atoms with Crippen molar-refractivity contribution in [3.8, 4) is 0 Å². The second-order valence-electron chi connectivity index (χ2n) is 3.67. The standard InChI is InChI=1S/C10H14ClN3O/c11-9-4-7(12)5-10(14-9)13-8-2-1-3-15-6-8/h4-5,8H,1-3,6H2,(H3,12,13,14). The Morgan fingerprint density at radius 1 is 1.53 bits per heavy atom. The molecule has 0 bridgehead atoms. The number of anilines is 2. The third-order valence-electron chi connectivity index (χ3n) is 2.33. The fraction of sp³-hybridized carbons (Fsp3) is 0.500. The van der Waals surface area contributed by atoms with E-state index in [0.29, 0.717) is 23.5 Å². The van der Waals surface area contributed by atoms with Crippen molar-refractivity contribution in [1.29, 1.82) is 0 Å². The first-order valence-corrected chi connectivity index (χ1v) is 5.39.